The fourth-order valence-electron chi connectivity index (χ4n) is 4.54. The Labute approximate surface area is 218 Å². The zero-order valence-electron chi connectivity index (χ0n) is 21.4. The van der Waals surface area contributed by atoms with Crippen LogP contribution in [0, 0.1) is 12.7 Å². The van der Waals surface area contributed by atoms with Gasteiger partial charge in [-0.25, -0.2) is 14.4 Å². The van der Waals surface area contributed by atoms with Gasteiger partial charge in [-0.15, -0.1) is 0 Å². The van der Waals surface area contributed by atoms with Gasteiger partial charge in [-0.05, 0) is 31.2 Å². The third-order valence-corrected chi connectivity index (χ3v) is 6.51. The van der Waals surface area contributed by atoms with E-state index in [0.29, 0.717) is 73.4 Å². The molecule has 1 aromatic carbocycles. The minimum Gasteiger partial charge on any atom is -0.491 e. The molecule has 2 N–H and O–H groups in total. The van der Waals surface area contributed by atoms with Gasteiger partial charge >= 0.3 is 0 Å². The number of halogens is 1. The molecule has 12 heteroatoms. The molecule has 3 aromatic heterocycles. The third kappa shape index (κ3) is 5.46. The van der Waals surface area contributed by atoms with E-state index in [1.807, 2.05) is 17.9 Å². The summed E-state index contributed by atoms with van der Waals surface area (Å²) in [6.45, 7) is 6.40. The summed E-state index contributed by atoms with van der Waals surface area (Å²) in [7, 11) is 1.59. The van der Waals surface area contributed by atoms with Crippen LogP contribution in [-0.4, -0.2) is 77.5 Å². The van der Waals surface area contributed by atoms with Crippen molar-refractivity contribution in [3.63, 3.8) is 0 Å². The number of aryl methyl sites for hydroxylation is 1. The predicted octanol–water partition coefficient (Wildman–Crippen LogP) is 2.32. The monoisotopic (exact) mass is 523 g/mol. The molecule has 5 rings (SSSR count). The highest BCUT2D eigenvalue weighted by Gasteiger charge is 2.21. The number of anilines is 2. The number of methoxy groups -OCH3 is 1. The highest BCUT2D eigenvalue weighted by Crippen LogP contribution is 2.27. The Morgan fingerprint density at radius 1 is 1.08 bits per heavy atom. The van der Waals surface area contributed by atoms with E-state index in [4.69, 9.17) is 19.6 Å². The van der Waals surface area contributed by atoms with Gasteiger partial charge in [0.25, 0.3) is 5.56 Å². The molecule has 0 saturated carbocycles. The Kier molecular flexibility index (Phi) is 7.52. The molecule has 1 aliphatic heterocycles. The molecule has 200 valence electrons. The molecule has 1 aliphatic rings. The molecule has 0 aliphatic carbocycles. The van der Waals surface area contributed by atoms with E-state index in [1.54, 1.807) is 29.9 Å². The number of ether oxygens (including phenoxy) is 2. The van der Waals surface area contributed by atoms with Crippen molar-refractivity contribution in [1.29, 1.82) is 0 Å². The Bertz CT molecular complexity index is 1480. The fraction of sp³-hybridized carbons (Fsp3) is 0.385. The quantitative estimate of drug-likeness (QED) is 0.327. The maximum Gasteiger partial charge on any atom is 0.270 e. The van der Waals surface area contributed by atoms with Crippen molar-refractivity contribution >= 4 is 22.8 Å². The molecule has 1 fully saturated rings. The van der Waals surface area contributed by atoms with Crippen molar-refractivity contribution in [3.05, 3.63) is 58.5 Å². The molecule has 0 spiro atoms. The summed E-state index contributed by atoms with van der Waals surface area (Å²) in [6.07, 6.45) is 1.27. The van der Waals surface area contributed by atoms with Crippen molar-refractivity contribution in [2.45, 2.75) is 13.5 Å². The summed E-state index contributed by atoms with van der Waals surface area (Å²) >= 11 is 0. The van der Waals surface area contributed by atoms with E-state index in [-0.39, 0.29) is 17.3 Å². The van der Waals surface area contributed by atoms with Gasteiger partial charge in [0.05, 0.1) is 18.5 Å². The van der Waals surface area contributed by atoms with Crippen LogP contribution in [0.25, 0.3) is 22.6 Å². The summed E-state index contributed by atoms with van der Waals surface area (Å²) in [5.41, 5.74) is 7.51. The van der Waals surface area contributed by atoms with Gasteiger partial charge in [-0.3, -0.25) is 14.3 Å². The Hall–Kier alpha value is -4.03. The Morgan fingerprint density at radius 3 is 2.61 bits per heavy atom. The molecule has 1 saturated heterocycles. The lowest BCUT2D eigenvalue weighted by molar-refractivity contribution is 0.146. The maximum absolute atomic E-state index is 14.8. The Balaban J connectivity index is 1.26. The molecule has 0 amide bonds. The van der Waals surface area contributed by atoms with Crippen LogP contribution in [0.5, 0.6) is 5.75 Å². The van der Waals surface area contributed by atoms with Crippen LogP contribution in [0.15, 0.2) is 45.7 Å². The molecule has 0 bridgehead atoms. The second-order valence-electron chi connectivity index (χ2n) is 9.04. The highest BCUT2D eigenvalue weighted by molar-refractivity contribution is 5.86. The molecule has 11 nitrogen and oxygen atoms in total. The molecular weight excluding hydrogens is 493 g/mol. The molecule has 0 unspecified atom stereocenters. The van der Waals surface area contributed by atoms with Crippen LogP contribution in [-0.2, 0) is 11.3 Å². The SMILES string of the molecule is COCCOc1ccc(N2CCN(CCn3c(=O)cnc4c(-c5ccc(C)o5)nc(N)nc43)CC2)c(F)c1. The topological polar surface area (TPSA) is 125 Å². The number of rotatable bonds is 9. The maximum atomic E-state index is 14.8. The molecule has 4 heterocycles. The lowest BCUT2D eigenvalue weighted by atomic mass is 10.2. The van der Waals surface area contributed by atoms with E-state index in [0.717, 1.165) is 18.8 Å². The summed E-state index contributed by atoms with van der Waals surface area (Å²) in [5, 5.41) is 0. The van der Waals surface area contributed by atoms with Crippen LogP contribution in [0.2, 0.25) is 0 Å². The second kappa shape index (κ2) is 11.2. The van der Waals surface area contributed by atoms with Gasteiger partial charge in [0, 0.05) is 52.4 Å². The summed E-state index contributed by atoms with van der Waals surface area (Å²) < 4.78 is 32.5. The lowest BCUT2D eigenvalue weighted by Gasteiger charge is -2.36. The molecule has 38 heavy (non-hydrogen) atoms. The number of hydrogen-bond acceptors (Lipinski definition) is 10. The summed E-state index contributed by atoms with van der Waals surface area (Å²) in [6, 6.07) is 8.54. The zero-order valence-corrected chi connectivity index (χ0v) is 21.4. The number of piperazine rings is 1. The van der Waals surface area contributed by atoms with Gasteiger partial charge < -0.3 is 24.5 Å². The van der Waals surface area contributed by atoms with Crippen molar-refractivity contribution in [1.82, 2.24) is 24.4 Å². The molecule has 0 radical (unpaired) electrons. The first-order valence-corrected chi connectivity index (χ1v) is 12.4. The minimum atomic E-state index is -0.317. The van der Waals surface area contributed by atoms with Crippen molar-refractivity contribution in [2.75, 3.05) is 63.7 Å². The molecule has 4 aromatic rings. The fourth-order valence-corrected chi connectivity index (χ4v) is 4.54. The predicted molar refractivity (Wildman–Crippen MR) is 141 cm³/mol. The largest absolute Gasteiger partial charge is 0.491 e. The first-order chi connectivity index (χ1) is 18.4. The first-order valence-electron chi connectivity index (χ1n) is 12.4. The van der Waals surface area contributed by atoms with E-state index >= 15 is 0 Å². The van der Waals surface area contributed by atoms with Gasteiger partial charge in [-0.2, -0.15) is 4.98 Å². The number of fused-ring (bicyclic) bond motifs is 1. The average molecular weight is 524 g/mol. The van der Waals surface area contributed by atoms with Crippen LogP contribution in [0.3, 0.4) is 0 Å². The normalized spacial score (nSPS) is 14.3. The summed E-state index contributed by atoms with van der Waals surface area (Å²) in [4.78, 5) is 29.9. The van der Waals surface area contributed by atoms with Gasteiger partial charge in [0.2, 0.25) is 5.95 Å². The second-order valence-corrected chi connectivity index (χ2v) is 9.04. The number of furan rings is 1. The number of nitrogens with zero attached hydrogens (tertiary/aromatic N) is 6. The number of nitrogen functional groups attached to an aromatic ring is 1. The van der Waals surface area contributed by atoms with Gasteiger partial charge in [0.1, 0.15) is 35.1 Å². The summed E-state index contributed by atoms with van der Waals surface area (Å²) in [5.74, 6) is 1.43. The van der Waals surface area contributed by atoms with E-state index in [1.165, 1.54) is 12.3 Å². The number of hydrogen-bond donors (Lipinski definition) is 1. The number of nitrogens with two attached hydrogens (primary N) is 1. The van der Waals surface area contributed by atoms with Crippen molar-refractivity contribution < 1.29 is 18.3 Å². The molecule has 0 atom stereocenters. The van der Waals surface area contributed by atoms with Crippen LogP contribution in [0.4, 0.5) is 16.0 Å². The van der Waals surface area contributed by atoms with E-state index < -0.39 is 0 Å². The lowest BCUT2D eigenvalue weighted by Crippen LogP contribution is -2.47. The van der Waals surface area contributed by atoms with Gasteiger partial charge in [-0.1, -0.05) is 0 Å². The smallest absolute Gasteiger partial charge is 0.270 e. The van der Waals surface area contributed by atoms with Crippen LogP contribution < -0.4 is 20.9 Å². The Morgan fingerprint density at radius 2 is 1.89 bits per heavy atom. The van der Waals surface area contributed by atoms with E-state index in [2.05, 4.69) is 19.9 Å². The minimum absolute atomic E-state index is 0.0356. The van der Waals surface area contributed by atoms with Crippen molar-refractivity contribution in [2.24, 2.45) is 0 Å². The third-order valence-electron chi connectivity index (χ3n) is 6.51. The standard InChI is InChI=1S/C26H30FN7O4/c1-17-3-6-21(38-17)23-24-25(31-26(28)30-23)34(22(35)16-29-24)12-9-32-7-10-33(11-8-32)20-5-4-18(15-19(20)27)37-14-13-36-2/h3-6,15-16H,7-14H2,1-2H3,(H2,28,30,31). The number of benzene rings is 1. The molecular formula is C26H30FN7O4. The van der Waals surface area contributed by atoms with Crippen LogP contribution >= 0.6 is 0 Å². The number of aromatic nitrogens is 4. The van der Waals surface area contributed by atoms with Crippen molar-refractivity contribution in [3.8, 4) is 17.2 Å². The van der Waals surface area contributed by atoms with Crippen LogP contribution in [0.1, 0.15) is 5.76 Å². The first kappa shape index (κ1) is 25.6. The average Bonchev–Trinajstić information content (AvgIpc) is 3.34. The van der Waals surface area contributed by atoms with E-state index in [9.17, 15) is 9.18 Å². The van der Waals surface area contributed by atoms with Gasteiger partial charge in [0.15, 0.2) is 11.4 Å². The zero-order chi connectivity index (χ0) is 26.6. The highest BCUT2D eigenvalue weighted by atomic mass is 19.1.